The average Bonchev–Trinajstić information content (AvgIpc) is 3.53. The van der Waals surface area contributed by atoms with Crippen molar-refractivity contribution in [2.24, 2.45) is 0 Å². The van der Waals surface area contributed by atoms with E-state index in [1.807, 2.05) is 0 Å². The minimum atomic E-state index is 0.157. The van der Waals surface area contributed by atoms with E-state index in [2.05, 4.69) is 104 Å². The van der Waals surface area contributed by atoms with Crippen LogP contribution in [0.15, 0.2) is 82.8 Å². The number of furan rings is 1. The minimum Gasteiger partial charge on any atom is -0.455 e. The van der Waals surface area contributed by atoms with Gasteiger partial charge in [0.25, 0.3) is 0 Å². The van der Waals surface area contributed by atoms with E-state index >= 15 is 0 Å². The highest BCUT2D eigenvalue weighted by Gasteiger charge is 2.24. The molecule has 1 aliphatic rings. The van der Waals surface area contributed by atoms with Crippen LogP contribution in [-0.2, 0) is 6.42 Å². The van der Waals surface area contributed by atoms with E-state index < -0.39 is 0 Å². The summed E-state index contributed by atoms with van der Waals surface area (Å²) >= 11 is 0. The maximum Gasteiger partial charge on any atom is 0.140 e. The summed E-state index contributed by atoms with van der Waals surface area (Å²) < 4.78 is 6.58. The van der Waals surface area contributed by atoms with E-state index in [-0.39, 0.29) is 6.04 Å². The van der Waals surface area contributed by atoms with E-state index in [1.54, 1.807) is 0 Å². The Morgan fingerprint density at radius 2 is 1.67 bits per heavy atom. The van der Waals surface area contributed by atoms with Crippen LogP contribution < -0.4 is 5.32 Å². The number of aryl methyl sites for hydroxylation is 2. The van der Waals surface area contributed by atoms with Crippen LogP contribution in [0.5, 0.6) is 0 Å². The molecule has 6 rings (SSSR count). The van der Waals surface area contributed by atoms with Gasteiger partial charge < -0.3 is 14.7 Å². The molecule has 3 nitrogen and oxygen atoms in total. The molecule has 3 heteroatoms. The Bertz CT molecular complexity index is 1530. The van der Waals surface area contributed by atoms with Crippen LogP contribution in [0, 0.1) is 13.8 Å². The Balaban J connectivity index is 1.55. The van der Waals surface area contributed by atoms with Crippen molar-refractivity contribution in [2.75, 3.05) is 6.54 Å². The molecule has 5 aromatic rings. The normalized spacial score (nSPS) is 16.1. The molecule has 0 amide bonds. The van der Waals surface area contributed by atoms with Gasteiger partial charge in [-0.2, -0.15) is 0 Å². The predicted octanol–water partition coefficient (Wildman–Crippen LogP) is 7.38. The molecular weight excluding hydrogens is 404 g/mol. The molecule has 0 bridgehead atoms. The Hall–Kier alpha value is -3.56. The van der Waals surface area contributed by atoms with Crippen LogP contribution in [-0.4, -0.2) is 11.5 Å². The highest BCUT2D eigenvalue weighted by Crippen LogP contribution is 2.39. The number of aromatic nitrogens is 1. The molecule has 0 spiro atoms. The van der Waals surface area contributed by atoms with E-state index in [0.29, 0.717) is 0 Å². The van der Waals surface area contributed by atoms with Gasteiger partial charge in [0.2, 0.25) is 0 Å². The summed E-state index contributed by atoms with van der Waals surface area (Å²) in [5.74, 6) is 0. The van der Waals surface area contributed by atoms with Crippen LogP contribution in [0.3, 0.4) is 0 Å². The second kappa shape index (κ2) is 7.79. The molecule has 2 N–H and O–H groups in total. The van der Waals surface area contributed by atoms with Crippen molar-refractivity contribution in [3.8, 4) is 11.3 Å². The molecule has 0 aliphatic carbocycles. The van der Waals surface area contributed by atoms with Gasteiger partial charge in [0.1, 0.15) is 11.2 Å². The summed E-state index contributed by atoms with van der Waals surface area (Å²) in [7, 11) is 0. The van der Waals surface area contributed by atoms with Crippen LogP contribution in [0.2, 0.25) is 0 Å². The van der Waals surface area contributed by atoms with E-state index in [4.69, 9.17) is 4.42 Å². The Kier molecular flexibility index (Phi) is 4.74. The zero-order valence-electron chi connectivity index (χ0n) is 19.3. The lowest BCUT2D eigenvalue weighted by Gasteiger charge is -2.17. The number of hydrogen-bond acceptors (Lipinski definition) is 2. The number of rotatable bonds is 4. The van der Waals surface area contributed by atoms with Gasteiger partial charge in [0, 0.05) is 39.8 Å². The van der Waals surface area contributed by atoms with Gasteiger partial charge in [-0.1, -0.05) is 66.2 Å². The quantitative estimate of drug-likeness (QED) is 0.291. The van der Waals surface area contributed by atoms with Crippen molar-refractivity contribution in [3.05, 3.63) is 106 Å². The molecule has 1 unspecified atom stereocenters. The summed E-state index contributed by atoms with van der Waals surface area (Å²) in [5.41, 5.74) is 12.0. The number of nitrogens with one attached hydrogen (secondary N) is 2. The number of para-hydroxylation sites is 1. The van der Waals surface area contributed by atoms with Crippen LogP contribution in [0.1, 0.15) is 40.9 Å². The molecule has 0 saturated heterocycles. The Morgan fingerprint density at radius 3 is 2.45 bits per heavy atom. The lowest BCUT2D eigenvalue weighted by molar-refractivity contribution is 0.638. The first-order valence-corrected chi connectivity index (χ1v) is 11.7. The number of benzene rings is 3. The van der Waals surface area contributed by atoms with Crippen LogP contribution >= 0.6 is 0 Å². The number of fused-ring (bicyclic) bond motifs is 3. The van der Waals surface area contributed by atoms with Crippen molar-refractivity contribution in [1.29, 1.82) is 0 Å². The molecule has 0 fully saturated rings. The third kappa shape index (κ3) is 3.40. The summed E-state index contributed by atoms with van der Waals surface area (Å²) in [4.78, 5) is 3.51. The van der Waals surface area contributed by atoms with Gasteiger partial charge >= 0.3 is 0 Å². The fourth-order valence-electron chi connectivity index (χ4n) is 5.22. The first kappa shape index (κ1) is 20.1. The van der Waals surface area contributed by atoms with Crippen molar-refractivity contribution < 1.29 is 4.42 Å². The Labute approximate surface area is 194 Å². The van der Waals surface area contributed by atoms with Gasteiger partial charge in [-0.3, -0.25) is 0 Å². The molecule has 2 aromatic heterocycles. The van der Waals surface area contributed by atoms with Crippen molar-refractivity contribution >= 4 is 21.9 Å². The lowest BCUT2D eigenvalue weighted by Crippen LogP contribution is -2.16. The first-order valence-electron chi connectivity index (χ1n) is 11.7. The van der Waals surface area contributed by atoms with E-state index in [9.17, 15) is 0 Å². The van der Waals surface area contributed by atoms with Crippen LogP contribution in [0.4, 0.5) is 0 Å². The highest BCUT2D eigenvalue weighted by atomic mass is 16.3. The minimum absolute atomic E-state index is 0.157. The zero-order valence-corrected chi connectivity index (χ0v) is 19.3. The van der Waals surface area contributed by atoms with Crippen LogP contribution in [0.25, 0.3) is 33.2 Å². The second-order valence-corrected chi connectivity index (χ2v) is 9.33. The summed E-state index contributed by atoms with van der Waals surface area (Å²) in [6.45, 7) is 7.33. The fourth-order valence-corrected chi connectivity index (χ4v) is 5.22. The predicted molar refractivity (Wildman–Crippen MR) is 137 cm³/mol. The monoisotopic (exact) mass is 432 g/mol. The third-order valence-electron chi connectivity index (χ3n) is 6.88. The Morgan fingerprint density at radius 1 is 0.818 bits per heavy atom. The summed E-state index contributed by atoms with van der Waals surface area (Å²) in [6, 6.07) is 24.1. The molecular formula is C30H28N2O. The highest BCUT2D eigenvalue weighted by molar-refractivity contribution is 6.07. The van der Waals surface area contributed by atoms with Crippen molar-refractivity contribution in [3.63, 3.8) is 0 Å². The molecule has 3 aromatic carbocycles. The van der Waals surface area contributed by atoms with Gasteiger partial charge in [0.15, 0.2) is 0 Å². The number of aromatic amines is 1. The average molecular weight is 433 g/mol. The lowest BCUT2D eigenvalue weighted by atomic mass is 9.91. The van der Waals surface area contributed by atoms with E-state index in [0.717, 1.165) is 24.1 Å². The SMILES string of the molecule is CC1=CC(c2c(Cc3ccccc3-c3ccc(C)[nH]3)ccc3c2oc2c(C)cccc23)NC1. The summed E-state index contributed by atoms with van der Waals surface area (Å²) in [5, 5.41) is 6.08. The third-order valence-corrected chi connectivity index (χ3v) is 6.88. The molecule has 1 aliphatic heterocycles. The smallest absolute Gasteiger partial charge is 0.140 e. The molecule has 0 radical (unpaired) electrons. The molecule has 3 heterocycles. The molecule has 164 valence electrons. The number of H-pyrrole nitrogens is 1. The second-order valence-electron chi connectivity index (χ2n) is 9.33. The number of hydrogen-bond donors (Lipinski definition) is 2. The largest absolute Gasteiger partial charge is 0.455 e. The standard InChI is InChI=1S/C30H28N2O/c1-18-15-27(31-17-18)28-22(12-13-25-24-10-6-7-19(2)29(24)33-30(25)28)16-21-8-4-5-9-23(21)26-14-11-20(3)32-26/h4-15,27,31-32H,16-17H2,1-3H3. The van der Waals surface area contributed by atoms with Crippen molar-refractivity contribution in [1.82, 2.24) is 10.3 Å². The van der Waals surface area contributed by atoms with Gasteiger partial charge in [0.05, 0.1) is 6.04 Å². The first-order chi connectivity index (χ1) is 16.1. The maximum atomic E-state index is 6.58. The fraction of sp³-hybridized carbons (Fsp3) is 0.200. The van der Waals surface area contributed by atoms with Gasteiger partial charge in [-0.15, -0.1) is 0 Å². The molecule has 33 heavy (non-hydrogen) atoms. The topological polar surface area (TPSA) is 41.0 Å². The molecule has 0 saturated carbocycles. The van der Waals surface area contributed by atoms with Crippen molar-refractivity contribution in [2.45, 2.75) is 33.2 Å². The van der Waals surface area contributed by atoms with Gasteiger partial charge in [-0.25, -0.2) is 0 Å². The summed E-state index contributed by atoms with van der Waals surface area (Å²) in [6.07, 6.45) is 3.19. The van der Waals surface area contributed by atoms with Gasteiger partial charge in [-0.05, 0) is 56.0 Å². The van der Waals surface area contributed by atoms with E-state index in [1.165, 1.54) is 55.6 Å². The maximum absolute atomic E-state index is 6.58. The molecule has 1 atom stereocenters. The zero-order chi connectivity index (χ0) is 22.5.